The van der Waals surface area contributed by atoms with E-state index in [2.05, 4.69) is 36.1 Å². The third-order valence-electron chi connectivity index (χ3n) is 4.52. The number of carbonyl (C=O) groups excluding carboxylic acids is 1. The molecule has 1 aromatic rings. The Kier molecular flexibility index (Phi) is 6.87. The molecule has 2 rings (SSSR count). The highest BCUT2D eigenvalue weighted by atomic mass is 16.2. The molecule has 1 unspecified atom stereocenters. The van der Waals surface area contributed by atoms with Crippen LogP contribution in [0.5, 0.6) is 0 Å². The summed E-state index contributed by atoms with van der Waals surface area (Å²) in [6.07, 6.45) is 3.91. The van der Waals surface area contributed by atoms with Crippen molar-refractivity contribution in [2.75, 3.05) is 32.7 Å². The fraction of sp³-hybridized carbons (Fsp3) is 0.611. The molecule has 0 aromatic heterocycles. The summed E-state index contributed by atoms with van der Waals surface area (Å²) >= 11 is 0. The minimum Gasteiger partial charge on any atom is -0.340 e. The van der Waals surface area contributed by atoms with Gasteiger partial charge in [0, 0.05) is 45.2 Å². The van der Waals surface area contributed by atoms with Crippen LogP contribution >= 0.6 is 0 Å². The van der Waals surface area contributed by atoms with Gasteiger partial charge in [0.05, 0.1) is 0 Å². The molecule has 1 amide bonds. The molecule has 4 nitrogen and oxygen atoms in total. The van der Waals surface area contributed by atoms with E-state index in [1.807, 2.05) is 11.0 Å². The van der Waals surface area contributed by atoms with Crippen LogP contribution in [0.15, 0.2) is 30.3 Å². The van der Waals surface area contributed by atoms with Crippen LogP contribution in [0.4, 0.5) is 0 Å². The first-order chi connectivity index (χ1) is 10.7. The van der Waals surface area contributed by atoms with Crippen molar-refractivity contribution in [2.45, 2.75) is 38.6 Å². The first-order valence-electron chi connectivity index (χ1n) is 8.46. The van der Waals surface area contributed by atoms with Gasteiger partial charge in [0.1, 0.15) is 0 Å². The molecule has 0 spiro atoms. The molecule has 0 bridgehead atoms. The van der Waals surface area contributed by atoms with Gasteiger partial charge in [-0.15, -0.1) is 0 Å². The Bertz CT molecular complexity index is 449. The molecule has 0 aliphatic carbocycles. The van der Waals surface area contributed by atoms with Crippen LogP contribution in [-0.4, -0.2) is 54.5 Å². The minimum atomic E-state index is 0.298. The standard InChI is InChI=1S/C18H29N3O/c1-16-6-5-12-21(16)18(22)10-14-20(15-11-19)13-9-17-7-3-2-4-8-17/h2-4,7-8,16H,5-6,9-15,19H2,1H3. The lowest BCUT2D eigenvalue weighted by Crippen LogP contribution is -2.38. The number of amides is 1. The van der Waals surface area contributed by atoms with Crippen molar-refractivity contribution in [3.8, 4) is 0 Å². The van der Waals surface area contributed by atoms with Crippen molar-refractivity contribution in [1.82, 2.24) is 9.80 Å². The maximum absolute atomic E-state index is 12.3. The van der Waals surface area contributed by atoms with Gasteiger partial charge in [-0.1, -0.05) is 30.3 Å². The second-order valence-corrected chi connectivity index (χ2v) is 6.19. The van der Waals surface area contributed by atoms with E-state index in [0.717, 1.165) is 45.4 Å². The number of benzene rings is 1. The van der Waals surface area contributed by atoms with Gasteiger partial charge in [0.2, 0.25) is 5.91 Å². The first-order valence-corrected chi connectivity index (χ1v) is 8.46. The van der Waals surface area contributed by atoms with Crippen molar-refractivity contribution in [2.24, 2.45) is 5.73 Å². The SMILES string of the molecule is CC1CCCN1C(=O)CCN(CCN)CCc1ccccc1. The van der Waals surface area contributed by atoms with Crippen molar-refractivity contribution in [3.63, 3.8) is 0 Å². The molecular weight excluding hydrogens is 274 g/mol. The van der Waals surface area contributed by atoms with Gasteiger partial charge in [-0.25, -0.2) is 0 Å². The average molecular weight is 303 g/mol. The van der Waals surface area contributed by atoms with E-state index in [9.17, 15) is 4.79 Å². The molecular formula is C18H29N3O. The lowest BCUT2D eigenvalue weighted by atomic mass is 10.1. The lowest BCUT2D eigenvalue weighted by molar-refractivity contribution is -0.132. The van der Waals surface area contributed by atoms with E-state index in [1.165, 1.54) is 5.56 Å². The first kappa shape index (κ1) is 17.0. The Morgan fingerprint density at radius 3 is 2.68 bits per heavy atom. The highest BCUT2D eigenvalue weighted by molar-refractivity contribution is 5.77. The summed E-state index contributed by atoms with van der Waals surface area (Å²) in [7, 11) is 0. The summed E-state index contributed by atoms with van der Waals surface area (Å²) < 4.78 is 0. The number of nitrogens with two attached hydrogens (primary N) is 1. The van der Waals surface area contributed by atoms with E-state index in [-0.39, 0.29) is 0 Å². The Balaban J connectivity index is 1.77. The van der Waals surface area contributed by atoms with E-state index in [4.69, 9.17) is 5.73 Å². The molecule has 1 aromatic carbocycles. The van der Waals surface area contributed by atoms with Crippen LogP contribution < -0.4 is 5.73 Å². The fourth-order valence-corrected chi connectivity index (χ4v) is 3.15. The molecule has 0 radical (unpaired) electrons. The molecule has 2 N–H and O–H groups in total. The van der Waals surface area contributed by atoms with Gasteiger partial charge >= 0.3 is 0 Å². The minimum absolute atomic E-state index is 0.298. The molecule has 1 aliphatic heterocycles. The van der Waals surface area contributed by atoms with Gasteiger partial charge in [-0.05, 0) is 31.7 Å². The zero-order valence-electron chi connectivity index (χ0n) is 13.7. The van der Waals surface area contributed by atoms with Crippen LogP contribution in [0, 0.1) is 0 Å². The van der Waals surface area contributed by atoms with Gasteiger partial charge in [-0.3, -0.25) is 4.79 Å². The van der Waals surface area contributed by atoms with E-state index >= 15 is 0 Å². The van der Waals surface area contributed by atoms with Crippen molar-refractivity contribution >= 4 is 5.91 Å². The topological polar surface area (TPSA) is 49.6 Å². The molecule has 0 saturated carbocycles. The number of rotatable bonds is 8. The molecule has 1 aliphatic rings. The zero-order valence-corrected chi connectivity index (χ0v) is 13.7. The monoisotopic (exact) mass is 303 g/mol. The van der Waals surface area contributed by atoms with E-state index in [1.54, 1.807) is 0 Å². The van der Waals surface area contributed by atoms with E-state index < -0.39 is 0 Å². The van der Waals surface area contributed by atoms with Crippen LogP contribution in [0.1, 0.15) is 31.7 Å². The second kappa shape index (κ2) is 8.91. The zero-order chi connectivity index (χ0) is 15.8. The number of hydrogen-bond acceptors (Lipinski definition) is 3. The van der Waals surface area contributed by atoms with Gasteiger partial charge in [0.25, 0.3) is 0 Å². The van der Waals surface area contributed by atoms with Crippen LogP contribution in [0.3, 0.4) is 0 Å². The second-order valence-electron chi connectivity index (χ2n) is 6.19. The Hall–Kier alpha value is -1.39. The predicted molar refractivity (Wildman–Crippen MR) is 90.7 cm³/mol. The fourth-order valence-electron chi connectivity index (χ4n) is 3.15. The summed E-state index contributed by atoms with van der Waals surface area (Å²) in [5.41, 5.74) is 7.05. The largest absolute Gasteiger partial charge is 0.340 e. The quantitative estimate of drug-likeness (QED) is 0.798. The predicted octanol–water partition coefficient (Wildman–Crippen LogP) is 1.89. The van der Waals surface area contributed by atoms with Gasteiger partial charge in [-0.2, -0.15) is 0 Å². The summed E-state index contributed by atoms with van der Waals surface area (Å²) in [6, 6.07) is 10.9. The maximum atomic E-state index is 12.3. The van der Waals surface area contributed by atoms with Crippen LogP contribution in [-0.2, 0) is 11.2 Å². The summed E-state index contributed by atoms with van der Waals surface area (Å²) in [5, 5.41) is 0. The smallest absolute Gasteiger partial charge is 0.224 e. The molecule has 22 heavy (non-hydrogen) atoms. The van der Waals surface area contributed by atoms with Crippen LogP contribution in [0.2, 0.25) is 0 Å². The Labute approximate surface area is 134 Å². The van der Waals surface area contributed by atoms with Gasteiger partial charge in [0.15, 0.2) is 0 Å². The normalized spacial score (nSPS) is 18.1. The van der Waals surface area contributed by atoms with Crippen LogP contribution in [0.25, 0.3) is 0 Å². The molecule has 4 heteroatoms. The molecule has 122 valence electrons. The summed E-state index contributed by atoms with van der Waals surface area (Å²) in [5.74, 6) is 0.298. The average Bonchev–Trinajstić information content (AvgIpc) is 2.97. The lowest BCUT2D eigenvalue weighted by Gasteiger charge is -2.25. The number of likely N-dealkylation sites (tertiary alicyclic amines) is 1. The molecule has 1 atom stereocenters. The highest BCUT2D eigenvalue weighted by Gasteiger charge is 2.24. The Morgan fingerprint density at radius 2 is 2.05 bits per heavy atom. The third kappa shape index (κ3) is 5.11. The highest BCUT2D eigenvalue weighted by Crippen LogP contribution is 2.17. The van der Waals surface area contributed by atoms with Crippen molar-refractivity contribution in [3.05, 3.63) is 35.9 Å². The van der Waals surface area contributed by atoms with Crippen molar-refractivity contribution < 1.29 is 4.79 Å². The van der Waals surface area contributed by atoms with Crippen molar-refractivity contribution in [1.29, 1.82) is 0 Å². The molecule has 1 heterocycles. The number of hydrogen-bond donors (Lipinski definition) is 1. The molecule has 1 fully saturated rings. The Morgan fingerprint density at radius 1 is 1.27 bits per heavy atom. The maximum Gasteiger partial charge on any atom is 0.224 e. The molecule has 1 saturated heterocycles. The summed E-state index contributed by atoms with van der Waals surface area (Å²) in [6.45, 7) is 6.35. The number of nitrogens with zero attached hydrogens (tertiary/aromatic N) is 2. The third-order valence-corrected chi connectivity index (χ3v) is 4.52. The van der Waals surface area contributed by atoms with E-state index in [0.29, 0.717) is 24.9 Å². The summed E-state index contributed by atoms with van der Waals surface area (Å²) in [4.78, 5) is 16.7. The number of carbonyl (C=O) groups is 1. The van der Waals surface area contributed by atoms with Gasteiger partial charge < -0.3 is 15.5 Å².